The highest BCUT2D eigenvalue weighted by Gasteiger charge is 2.09. The van der Waals surface area contributed by atoms with Crippen molar-refractivity contribution in [3.63, 3.8) is 0 Å². The van der Waals surface area contributed by atoms with E-state index in [1.807, 2.05) is 0 Å². The zero-order chi connectivity index (χ0) is 13.1. The molecule has 0 N–H and O–H groups in total. The van der Waals surface area contributed by atoms with Crippen LogP contribution in [0.2, 0.25) is 5.15 Å². The molecule has 0 spiro atoms. The van der Waals surface area contributed by atoms with Crippen LogP contribution in [0.25, 0.3) is 0 Å². The molecule has 2 rings (SSSR count). The van der Waals surface area contributed by atoms with Gasteiger partial charge in [0.1, 0.15) is 16.7 Å². The molecule has 0 unspecified atom stereocenters. The number of benzene rings is 1. The molecule has 2 aromatic rings. The molecule has 1 heterocycles. The number of nitriles is 1. The quantitative estimate of drug-likeness (QED) is 0.776. The molecule has 0 saturated carbocycles. The largest absolute Gasteiger partial charge is 0.439 e. The van der Waals surface area contributed by atoms with Gasteiger partial charge in [-0.2, -0.15) is 10.2 Å². The summed E-state index contributed by atoms with van der Waals surface area (Å²) in [5.41, 5.74) is 1.20. The molecular formula is C13H10ClN3O. The average molecular weight is 260 g/mol. The maximum atomic E-state index is 8.82. The van der Waals surface area contributed by atoms with Crippen LogP contribution in [0.1, 0.15) is 17.0 Å². The predicted molar refractivity (Wildman–Crippen MR) is 67.7 cm³/mol. The van der Waals surface area contributed by atoms with E-state index in [0.717, 1.165) is 0 Å². The predicted octanol–water partition coefficient (Wildman–Crippen LogP) is 3.41. The molecule has 0 saturated heterocycles. The summed E-state index contributed by atoms with van der Waals surface area (Å²) < 4.78 is 5.63. The minimum absolute atomic E-state index is 0.369. The highest BCUT2D eigenvalue weighted by Crippen LogP contribution is 2.27. The summed E-state index contributed by atoms with van der Waals surface area (Å²) in [6.45, 7) is 3.52. The number of aromatic nitrogens is 2. The molecule has 90 valence electrons. The van der Waals surface area contributed by atoms with E-state index in [4.69, 9.17) is 21.6 Å². The fraction of sp³-hybridized carbons (Fsp3) is 0.154. The van der Waals surface area contributed by atoms with Gasteiger partial charge in [0.05, 0.1) is 11.6 Å². The van der Waals surface area contributed by atoms with E-state index in [1.165, 1.54) is 0 Å². The van der Waals surface area contributed by atoms with Gasteiger partial charge in [0.15, 0.2) is 0 Å². The fourth-order valence-electron chi connectivity index (χ4n) is 1.41. The summed E-state index contributed by atoms with van der Waals surface area (Å²) in [6, 6.07) is 8.91. The molecule has 1 aromatic carbocycles. The molecule has 0 aliphatic rings. The van der Waals surface area contributed by atoms with Crippen LogP contribution in [0.5, 0.6) is 11.6 Å². The third kappa shape index (κ3) is 2.58. The Bertz CT molecular complexity index is 635. The first kappa shape index (κ1) is 12.3. The Balaban J connectivity index is 2.37. The van der Waals surface area contributed by atoms with Gasteiger partial charge >= 0.3 is 0 Å². The Labute approximate surface area is 110 Å². The lowest BCUT2D eigenvalue weighted by Gasteiger charge is -2.09. The Morgan fingerprint density at radius 3 is 2.78 bits per heavy atom. The smallest absolute Gasteiger partial charge is 0.226 e. The minimum Gasteiger partial charge on any atom is -0.439 e. The number of hydrogen-bond donors (Lipinski definition) is 0. The van der Waals surface area contributed by atoms with Crippen molar-refractivity contribution in [1.82, 2.24) is 9.97 Å². The van der Waals surface area contributed by atoms with Crippen LogP contribution in [0.3, 0.4) is 0 Å². The molecule has 0 atom stereocenters. The van der Waals surface area contributed by atoms with Crippen LogP contribution in [0.4, 0.5) is 0 Å². The lowest BCUT2D eigenvalue weighted by atomic mass is 10.2. The summed E-state index contributed by atoms with van der Waals surface area (Å²) >= 11 is 5.96. The first-order valence-corrected chi connectivity index (χ1v) is 5.66. The van der Waals surface area contributed by atoms with Crippen LogP contribution >= 0.6 is 11.6 Å². The molecule has 0 aliphatic heterocycles. The van der Waals surface area contributed by atoms with Crippen molar-refractivity contribution in [2.75, 3.05) is 0 Å². The van der Waals surface area contributed by atoms with Crippen molar-refractivity contribution in [2.45, 2.75) is 13.8 Å². The lowest BCUT2D eigenvalue weighted by molar-refractivity contribution is 0.455. The summed E-state index contributed by atoms with van der Waals surface area (Å²) in [6.07, 6.45) is 0. The van der Waals surface area contributed by atoms with Crippen LogP contribution in [0.15, 0.2) is 24.3 Å². The van der Waals surface area contributed by atoms with Gasteiger partial charge in [-0.15, -0.1) is 0 Å². The maximum Gasteiger partial charge on any atom is 0.226 e. The van der Waals surface area contributed by atoms with Crippen molar-refractivity contribution in [3.05, 3.63) is 46.4 Å². The number of aryl methyl sites for hydroxylation is 1. The Kier molecular flexibility index (Phi) is 3.45. The molecule has 0 amide bonds. The molecule has 5 heteroatoms. The van der Waals surface area contributed by atoms with Crippen molar-refractivity contribution < 1.29 is 4.74 Å². The van der Waals surface area contributed by atoms with Gasteiger partial charge in [-0.3, -0.25) is 0 Å². The number of hydrogen-bond acceptors (Lipinski definition) is 4. The summed E-state index contributed by atoms with van der Waals surface area (Å²) in [7, 11) is 0. The topological polar surface area (TPSA) is 58.8 Å². The van der Waals surface area contributed by atoms with Crippen molar-refractivity contribution >= 4 is 11.6 Å². The van der Waals surface area contributed by atoms with E-state index in [9.17, 15) is 0 Å². The van der Waals surface area contributed by atoms with Gasteiger partial charge in [0.2, 0.25) is 5.88 Å². The second-order valence-electron chi connectivity index (χ2n) is 3.73. The first-order chi connectivity index (χ1) is 8.60. The zero-order valence-electron chi connectivity index (χ0n) is 9.94. The van der Waals surface area contributed by atoms with E-state index >= 15 is 0 Å². The third-order valence-corrected chi connectivity index (χ3v) is 2.70. The Morgan fingerprint density at radius 1 is 1.28 bits per heavy atom. The molecule has 0 radical (unpaired) electrons. The van der Waals surface area contributed by atoms with E-state index < -0.39 is 0 Å². The van der Waals surface area contributed by atoms with E-state index in [0.29, 0.717) is 33.7 Å². The molecule has 18 heavy (non-hydrogen) atoms. The highest BCUT2D eigenvalue weighted by molar-refractivity contribution is 6.30. The SMILES string of the molecule is Cc1nc(Cl)c(C)c(Oc2cccc(C#N)c2)n1. The molecule has 4 nitrogen and oxygen atoms in total. The van der Waals surface area contributed by atoms with Gasteiger partial charge in [-0.25, -0.2) is 4.98 Å². The van der Waals surface area contributed by atoms with Gasteiger partial charge in [0, 0.05) is 5.56 Å². The Morgan fingerprint density at radius 2 is 2.06 bits per heavy atom. The van der Waals surface area contributed by atoms with Gasteiger partial charge in [-0.1, -0.05) is 17.7 Å². The summed E-state index contributed by atoms with van der Waals surface area (Å²) in [5, 5.41) is 9.19. The first-order valence-electron chi connectivity index (χ1n) is 5.29. The van der Waals surface area contributed by atoms with Crippen LogP contribution < -0.4 is 4.74 Å². The zero-order valence-corrected chi connectivity index (χ0v) is 10.7. The van der Waals surface area contributed by atoms with Crippen molar-refractivity contribution in [3.8, 4) is 17.7 Å². The van der Waals surface area contributed by atoms with Gasteiger partial charge in [-0.05, 0) is 32.0 Å². The van der Waals surface area contributed by atoms with Crippen LogP contribution in [-0.2, 0) is 0 Å². The third-order valence-electron chi connectivity index (χ3n) is 2.33. The normalized spacial score (nSPS) is 9.89. The highest BCUT2D eigenvalue weighted by atomic mass is 35.5. The molecule has 1 aromatic heterocycles. The molecule has 0 fully saturated rings. The number of ether oxygens (including phenoxy) is 1. The monoisotopic (exact) mass is 259 g/mol. The Hall–Kier alpha value is -2.12. The number of nitrogens with zero attached hydrogens (tertiary/aromatic N) is 3. The summed E-state index contributed by atoms with van der Waals surface area (Å²) in [5.74, 6) is 1.49. The fourth-order valence-corrected chi connectivity index (χ4v) is 1.61. The van der Waals surface area contributed by atoms with Crippen molar-refractivity contribution in [1.29, 1.82) is 5.26 Å². The van der Waals surface area contributed by atoms with E-state index in [2.05, 4.69) is 16.0 Å². The second-order valence-corrected chi connectivity index (χ2v) is 4.09. The molecule has 0 aliphatic carbocycles. The number of halogens is 1. The summed E-state index contributed by atoms with van der Waals surface area (Å²) in [4.78, 5) is 8.21. The minimum atomic E-state index is 0.369. The standard InChI is InChI=1S/C13H10ClN3O/c1-8-12(14)16-9(2)17-13(8)18-11-5-3-4-10(6-11)7-15/h3-6H,1-2H3. The van der Waals surface area contributed by atoms with Crippen LogP contribution in [0, 0.1) is 25.2 Å². The van der Waals surface area contributed by atoms with Crippen LogP contribution in [-0.4, -0.2) is 9.97 Å². The second kappa shape index (κ2) is 5.03. The van der Waals surface area contributed by atoms with E-state index in [-0.39, 0.29) is 0 Å². The van der Waals surface area contributed by atoms with Gasteiger partial charge < -0.3 is 4.74 Å². The molecular weight excluding hydrogens is 250 g/mol. The molecule has 0 bridgehead atoms. The van der Waals surface area contributed by atoms with Crippen molar-refractivity contribution in [2.24, 2.45) is 0 Å². The maximum absolute atomic E-state index is 8.82. The lowest BCUT2D eigenvalue weighted by Crippen LogP contribution is -1.97. The van der Waals surface area contributed by atoms with E-state index in [1.54, 1.807) is 38.1 Å². The van der Waals surface area contributed by atoms with Gasteiger partial charge in [0.25, 0.3) is 0 Å². The number of rotatable bonds is 2. The average Bonchev–Trinajstić information content (AvgIpc) is 2.35.